The number of hydrogen-bond donors (Lipinski definition) is 3. The minimum Gasteiger partial charge on any atom is -0.476 e. The lowest BCUT2D eigenvalue weighted by atomic mass is 9.88. The van der Waals surface area contributed by atoms with E-state index in [2.05, 4.69) is 25.9 Å². The molecule has 0 aliphatic carbocycles. The first-order valence-electron chi connectivity index (χ1n) is 14.6. The number of aromatic nitrogens is 3. The number of carbonyl (C=O) groups excluding carboxylic acids is 1. The van der Waals surface area contributed by atoms with Crippen LogP contribution in [0.4, 0.5) is 32.4 Å². The van der Waals surface area contributed by atoms with Gasteiger partial charge in [0, 0.05) is 42.9 Å². The first-order chi connectivity index (χ1) is 21.1. The number of alkyl halides is 3. The maximum atomic E-state index is 14.1. The number of aryl methyl sites for hydroxylation is 1. The Kier molecular flexibility index (Phi) is 9.89. The number of rotatable bonds is 8. The highest BCUT2D eigenvalue weighted by molar-refractivity contribution is 5.89. The fourth-order valence-corrected chi connectivity index (χ4v) is 5.57. The Hall–Kier alpha value is -3.91. The van der Waals surface area contributed by atoms with Crippen LogP contribution in [0.5, 0.6) is 5.88 Å². The standard InChI is InChI=1S/C30H34F5N7O2/c1-18-37-16-21(24(39-20-8-12-36-13-9-20)17-44-26-7-3-6-25(40-26)30(33,34)35)27(38-18)19-10-14-42(15-11-19)29(43)41-28-22(31)4-2-5-23(28)32/h2-7,16,19-20,24,36,39H,8-15,17H2,1H3,(H,41,43). The van der Waals surface area contributed by atoms with Gasteiger partial charge < -0.3 is 25.6 Å². The first kappa shape index (κ1) is 31.5. The molecule has 2 amide bonds. The number of piperidine rings is 2. The summed E-state index contributed by atoms with van der Waals surface area (Å²) in [5.74, 6) is -1.37. The van der Waals surface area contributed by atoms with E-state index in [1.807, 2.05) is 0 Å². The largest absolute Gasteiger partial charge is 0.476 e. The van der Waals surface area contributed by atoms with E-state index in [1.165, 1.54) is 23.1 Å². The molecule has 3 N–H and O–H groups in total. The third-order valence-corrected chi connectivity index (χ3v) is 7.90. The number of urea groups is 1. The molecule has 2 fully saturated rings. The number of para-hydroxylation sites is 1. The summed E-state index contributed by atoms with van der Waals surface area (Å²) in [6.45, 7) is 4.08. The molecule has 0 saturated carbocycles. The molecule has 2 aromatic heterocycles. The Morgan fingerprint density at radius 2 is 1.73 bits per heavy atom. The van der Waals surface area contributed by atoms with Crippen molar-refractivity contribution in [2.24, 2.45) is 0 Å². The zero-order chi connectivity index (χ0) is 31.3. The molecule has 1 atom stereocenters. The van der Waals surface area contributed by atoms with Gasteiger partial charge in [0.15, 0.2) is 0 Å². The number of nitrogens with one attached hydrogen (secondary N) is 3. The van der Waals surface area contributed by atoms with Crippen molar-refractivity contribution >= 4 is 11.7 Å². The molecule has 3 aromatic rings. The van der Waals surface area contributed by atoms with E-state index in [9.17, 15) is 26.7 Å². The van der Waals surface area contributed by atoms with E-state index in [0.29, 0.717) is 31.8 Å². The van der Waals surface area contributed by atoms with E-state index in [-0.39, 0.29) is 24.4 Å². The summed E-state index contributed by atoms with van der Waals surface area (Å²) in [5, 5.41) is 9.27. The highest BCUT2D eigenvalue weighted by Crippen LogP contribution is 2.33. The minimum atomic E-state index is -4.60. The third-order valence-electron chi connectivity index (χ3n) is 7.90. The molecule has 0 bridgehead atoms. The molecule has 2 aliphatic rings. The molecule has 0 spiro atoms. The molecule has 1 unspecified atom stereocenters. The molecular formula is C30H34F5N7O2. The van der Waals surface area contributed by atoms with Crippen LogP contribution in [0.15, 0.2) is 42.6 Å². The number of amides is 2. The summed E-state index contributed by atoms with van der Waals surface area (Å²) in [4.78, 5) is 27.2. The lowest BCUT2D eigenvalue weighted by Crippen LogP contribution is -2.44. The summed E-state index contributed by atoms with van der Waals surface area (Å²) in [5.41, 5.74) is 0.00312. The Labute approximate surface area is 251 Å². The molecule has 5 rings (SSSR count). The number of halogens is 5. The van der Waals surface area contributed by atoms with Crippen LogP contribution < -0.4 is 20.7 Å². The molecule has 2 aliphatic heterocycles. The maximum absolute atomic E-state index is 14.1. The molecular weight excluding hydrogens is 585 g/mol. The fourth-order valence-electron chi connectivity index (χ4n) is 5.57. The topological polar surface area (TPSA) is 104 Å². The predicted octanol–water partition coefficient (Wildman–Crippen LogP) is 5.35. The number of pyridine rings is 1. The average Bonchev–Trinajstić information content (AvgIpc) is 3.01. The van der Waals surface area contributed by atoms with Crippen LogP contribution in [-0.4, -0.2) is 64.7 Å². The van der Waals surface area contributed by atoms with E-state index >= 15 is 0 Å². The van der Waals surface area contributed by atoms with E-state index in [1.54, 1.807) is 13.1 Å². The molecule has 2 saturated heterocycles. The molecule has 14 heteroatoms. The van der Waals surface area contributed by atoms with Crippen molar-refractivity contribution < 1.29 is 31.5 Å². The molecule has 4 heterocycles. The zero-order valence-electron chi connectivity index (χ0n) is 24.1. The number of hydrogen-bond acceptors (Lipinski definition) is 7. The van der Waals surface area contributed by atoms with E-state index < -0.39 is 41.3 Å². The van der Waals surface area contributed by atoms with Crippen LogP contribution in [0.2, 0.25) is 0 Å². The maximum Gasteiger partial charge on any atom is 0.433 e. The number of benzene rings is 1. The second kappa shape index (κ2) is 13.8. The second-order valence-corrected chi connectivity index (χ2v) is 11.0. The number of anilines is 1. The van der Waals surface area contributed by atoms with Crippen LogP contribution in [0.3, 0.4) is 0 Å². The monoisotopic (exact) mass is 619 g/mol. The number of nitrogens with zero attached hydrogens (tertiary/aromatic N) is 4. The van der Waals surface area contributed by atoms with Gasteiger partial charge in [-0.05, 0) is 63.9 Å². The fraction of sp³-hybridized carbons (Fsp3) is 0.467. The number of likely N-dealkylation sites (tertiary alicyclic amines) is 1. The van der Waals surface area contributed by atoms with Crippen LogP contribution in [0, 0.1) is 18.6 Å². The van der Waals surface area contributed by atoms with Crippen LogP contribution in [0.1, 0.15) is 60.4 Å². The van der Waals surface area contributed by atoms with Crippen molar-refractivity contribution in [3.8, 4) is 5.88 Å². The van der Waals surface area contributed by atoms with Crippen molar-refractivity contribution in [2.75, 3.05) is 38.1 Å². The van der Waals surface area contributed by atoms with Crippen molar-refractivity contribution in [1.29, 1.82) is 0 Å². The van der Waals surface area contributed by atoms with Gasteiger partial charge in [0.2, 0.25) is 5.88 Å². The number of ether oxygens (including phenoxy) is 1. The summed E-state index contributed by atoms with van der Waals surface area (Å²) < 4.78 is 73.7. The Morgan fingerprint density at radius 1 is 1.05 bits per heavy atom. The summed E-state index contributed by atoms with van der Waals surface area (Å²) in [7, 11) is 0. The summed E-state index contributed by atoms with van der Waals surface area (Å²) in [6.07, 6.45) is -0.0922. The molecule has 44 heavy (non-hydrogen) atoms. The minimum absolute atomic E-state index is 0.00683. The SMILES string of the molecule is Cc1ncc(C(COc2cccc(C(F)(F)F)n2)NC2CCNCC2)c(C2CCN(C(=O)Nc3c(F)cccc3F)CC2)n1. The van der Waals surface area contributed by atoms with Gasteiger partial charge >= 0.3 is 12.2 Å². The van der Waals surface area contributed by atoms with Gasteiger partial charge in [0.1, 0.15) is 35.4 Å². The van der Waals surface area contributed by atoms with E-state index in [0.717, 1.165) is 55.4 Å². The normalized spacial score (nSPS) is 17.4. The van der Waals surface area contributed by atoms with Crippen molar-refractivity contribution in [3.63, 3.8) is 0 Å². The molecule has 9 nitrogen and oxygen atoms in total. The quantitative estimate of drug-likeness (QED) is 0.292. The summed E-state index contributed by atoms with van der Waals surface area (Å²) in [6, 6.07) is 6.00. The predicted molar refractivity (Wildman–Crippen MR) is 152 cm³/mol. The summed E-state index contributed by atoms with van der Waals surface area (Å²) >= 11 is 0. The van der Waals surface area contributed by atoms with E-state index in [4.69, 9.17) is 9.72 Å². The second-order valence-electron chi connectivity index (χ2n) is 11.0. The van der Waals surface area contributed by atoms with Crippen molar-refractivity contribution in [2.45, 2.75) is 56.8 Å². The van der Waals surface area contributed by atoms with Gasteiger partial charge in [-0.2, -0.15) is 13.2 Å². The van der Waals surface area contributed by atoms with Gasteiger partial charge in [-0.15, -0.1) is 0 Å². The average molecular weight is 620 g/mol. The first-order valence-corrected chi connectivity index (χ1v) is 14.6. The molecule has 1 aromatic carbocycles. The third kappa shape index (κ3) is 7.78. The van der Waals surface area contributed by atoms with Gasteiger partial charge in [-0.25, -0.2) is 28.5 Å². The Balaban J connectivity index is 1.33. The zero-order valence-corrected chi connectivity index (χ0v) is 24.1. The molecule has 236 valence electrons. The Morgan fingerprint density at radius 3 is 2.41 bits per heavy atom. The van der Waals surface area contributed by atoms with Crippen LogP contribution >= 0.6 is 0 Å². The highest BCUT2D eigenvalue weighted by Gasteiger charge is 2.33. The van der Waals surface area contributed by atoms with Gasteiger partial charge in [0.05, 0.1) is 11.7 Å². The van der Waals surface area contributed by atoms with Gasteiger partial charge in [0.25, 0.3) is 0 Å². The highest BCUT2D eigenvalue weighted by atomic mass is 19.4. The molecule has 0 radical (unpaired) electrons. The lowest BCUT2D eigenvalue weighted by molar-refractivity contribution is -0.141. The van der Waals surface area contributed by atoms with Gasteiger partial charge in [-0.3, -0.25) is 0 Å². The van der Waals surface area contributed by atoms with Crippen LogP contribution in [0.25, 0.3) is 0 Å². The van der Waals surface area contributed by atoms with Crippen molar-refractivity contribution in [1.82, 2.24) is 30.5 Å². The van der Waals surface area contributed by atoms with Crippen LogP contribution in [-0.2, 0) is 6.18 Å². The number of carbonyl (C=O) groups is 1. The lowest BCUT2D eigenvalue weighted by Gasteiger charge is -2.34. The Bertz CT molecular complexity index is 1420. The van der Waals surface area contributed by atoms with Gasteiger partial charge in [-0.1, -0.05) is 12.1 Å². The smallest absolute Gasteiger partial charge is 0.433 e. The van der Waals surface area contributed by atoms with Crippen molar-refractivity contribution in [3.05, 3.63) is 77.0 Å².